The van der Waals surface area contributed by atoms with Gasteiger partial charge in [0.15, 0.2) is 0 Å². The molecule has 120 valence electrons. The first-order valence-corrected chi connectivity index (χ1v) is 8.29. The highest BCUT2D eigenvalue weighted by atomic mass is 15.4. The molecule has 4 nitrogen and oxygen atoms in total. The highest BCUT2D eigenvalue weighted by Crippen LogP contribution is 2.32. The van der Waals surface area contributed by atoms with Gasteiger partial charge in [-0.15, -0.1) is 0 Å². The number of allylic oxidation sites excluding steroid dienone is 1. The van der Waals surface area contributed by atoms with Gasteiger partial charge in [-0.2, -0.15) is 10.1 Å². The van der Waals surface area contributed by atoms with Crippen molar-refractivity contribution in [2.45, 2.75) is 26.3 Å². The monoisotopic (exact) mass is 316 g/mol. The molecule has 2 aromatic carbocycles. The number of aryl methyl sites for hydroxylation is 2. The number of rotatable bonds is 3. The summed E-state index contributed by atoms with van der Waals surface area (Å²) in [4.78, 5) is 4.36. The average Bonchev–Trinajstić information content (AvgIpc) is 3.09. The maximum Gasteiger partial charge on any atom is 0.226 e. The summed E-state index contributed by atoms with van der Waals surface area (Å²) in [5, 5.41) is 7.79. The van der Waals surface area contributed by atoms with Gasteiger partial charge in [-0.1, -0.05) is 61.0 Å². The van der Waals surface area contributed by atoms with Gasteiger partial charge in [-0.3, -0.25) is 0 Å². The number of nitrogens with zero attached hydrogens (tertiary/aromatic N) is 3. The number of nitrogens with one attached hydrogen (secondary N) is 1. The lowest BCUT2D eigenvalue weighted by Crippen LogP contribution is -2.20. The minimum atomic E-state index is 0.0458. The van der Waals surface area contributed by atoms with Gasteiger partial charge in [-0.05, 0) is 36.1 Å². The van der Waals surface area contributed by atoms with Crippen LogP contribution in [0.3, 0.4) is 0 Å². The number of aromatic nitrogens is 3. The highest BCUT2D eigenvalue weighted by molar-refractivity contribution is 5.77. The molecule has 1 N–H and O–H groups in total. The molecule has 4 heteroatoms. The Balaban J connectivity index is 1.78. The van der Waals surface area contributed by atoms with E-state index in [9.17, 15) is 0 Å². The van der Waals surface area contributed by atoms with Gasteiger partial charge in [0, 0.05) is 5.70 Å². The fourth-order valence-electron chi connectivity index (χ4n) is 3.11. The maximum absolute atomic E-state index is 4.40. The van der Waals surface area contributed by atoms with E-state index in [-0.39, 0.29) is 6.04 Å². The molecule has 0 unspecified atom stereocenters. The molecule has 4 rings (SSSR count). The Bertz CT molecular complexity index is 890. The van der Waals surface area contributed by atoms with Crippen LogP contribution in [-0.4, -0.2) is 14.8 Å². The molecule has 1 aromatic heterocycles. The molecular formula is C20H20N4. The van der Waals surface area contributed by atoms with E-state index in [1.165, 1.54) is 22.3 Å². The van der Waals surface area contributed by atoms with E-state index in [1.807, 2.05) is 4.68 Å². The van der Waals surface area contributed by atoms with Gasteiger partial charge < -0.3 is 5.32 Å². The lowest BCUT2D eigenvalue weighted by Gasteiger charge is -2.24. The van der Waals surface area contributed by atoms with Crippen LogP contribution in [0.15, 0.2) is 60.9 Å². The maximum atomic E-state index is 4.40. The molecule has 0 amide bonds. The molecule has 0 radical (unpaired) electrons. The van der Waals surface area contributed by atoms with Gasteiger partial charge in [0.2, 0.25) is 5.95 Å². The number of fused-ring (bicyclic) bond motifs is 1. The molecule has 0 saturated heterocycles. The molecule has 0 saturated carbocycles. The van der Waals surface area contributed by atoms with Crippen LogP contribution >= 0.6 is 0 Å². The fraction of sp³-hybridized carbons (Fsp3) is 0.200. The molecule has 0 bridgehead atoms. The second kappa shape index (κ2) is 5.96. The number of benzene rings is 2. The van der Waals surface area contributed by atoms with Gasteiger partial charge in [0.05, 0.1) is 0 Å². The Morgan fingerprint density at radius 3 is 2.71 bits per heavy atom. The number of anilines is 1. The first-order chi connectivity index (χ1) is 11.7. The van der Waals surface area contributed by atoms with Crippen molar-refractivity contribution in [1.29, 1.82) is 0 Å². The minimum Gasteiger partial charge on any atom is -0.324 e. The van der Waals surface area contributed by atoms with E-state index >= 15 is 0 Å². The first-order valence-electron chi connectivity index (χ1n) is 8.29. The van der Waals surface area contributed by atoms with Crippen LogP contribution in [0.25, 0.3) is 5.70 Å². The highest BCUT2D eigenvalue weighted by Gasteiger charge is 2.23. The summed E-state index contributed by atoms with van der Waals surface area (Å²) in [6.07, 6.45) is 4.87. The van der Waals surface area contributed by atoms with Crippen LogP contribution in [0.4, 0.5) is 5.95 Å². The van der Waals surface area contributed by atoms with Crippen molar-refractivity contribution in [3.05, 3.63) is 83.2 Å². The second-order valence-electron chi connectivity index (χ2n) is 6.14. The summed E-state index contributed by atoms with van der Waals surface area (Å²) in [7, 11) is 0. The van der Waals surface area contributed by atoms with Crippen molar-refractivity contribution in [2.75, 3.05) is 5.32 Å². The Kier molecular flexibility index (Phi) is 3.65. The third-order valence-electron chi connectivity index (χ3n) is 4.46. The predicted octanol–water partition coefficient (Wildman–Crippen LogP) is 4.20. The summed E-state index contributed by atoms with van der Waals surface area (Å²) in [5.41, 5.74) is 6.04. The molecule has 1 aliphatic rings. The van der Waals surface area contributed by atoms with Crippen LogP contribution in [0, 0.1) is 6.92 Å². The van der Waals surface area contributed by atoms with E-state index in [0.717, 1.165) is 18.1 Å². The molecule has 0 fully saturated rings. The summed E-state index contributed by atoms with van der Waals surface area (Å²) >= 11 is 0. The van der Waals surface area contributed by atoms with E-state index in [0.29, 0.717) is 0 Å². The predicted molar refractivity (Wildman–Crippen MR) is 96.8 cm³/mol. The zero-order valence-electron chi connectivity index (χ0n) is 13.9. The van der Waals surface area contributed by atoms with Gasteiger partial charge in [-0.25, -0.2) is 4.68 Å². The SMILES string of the molecule is CCc1ccc(C2=C[C@@H](c3cccc(C)c3)n3ncnc3N2)cc1. The quantitative estimate of drug-likeness (QED) is 0.787. The van der Waals surface area contributed by atoms with Gasteiger partial charge >= 0.3 is 0 Å². The second-order valence-corrected chi connectivity index (χ2v) is 6.14. The third kappa shape index (κ3) is 2.60. The topological polar surface area (TPSA) is 42.7 Å². The van der Waals surface area contributed by atoms with E-state index in [2.05, 4.69) is 83.9 Å². The number of hydrogen-bond donors (Lipinski definition) is 1. The van der Waals surface area contributed by atoms with Crippen molar-refractivity contribution < 1.29 is 0 Å². The van der Waals surface area contributed by atoms with E-state index < -0.39 is 0 Å². The van der Waals surface area contributed by atoms with E-state index in [1.54, 1.807) is 6.33 Å². The van der Waals surface area contributed by atoms with E-state index in [4.69, 9.17) is 0 Å². The lowest BCUT2D eigenvalue weighted by molar-refractivity contribution is 0.611. The normalized spacial score (nSPS) is 16.2. The fourth-order valence-corrected chi connectivity index (χ4v) is 3.11. The average molecular weight is 316 g/mol. The third-order valence-corrected chi connectivity index (χ3v) is 4.46. The molecule has 3 aromatic rings. The standard InChI is InChI=1S/C20H20N4/c1-3-15-7-9-16(10-8-15)18-12-19(17-6-4-5-14(2)11-17)24-20(23-18)21-13-22-24/h4-13,19H,3H2,1-2H3,(H,21,22,23)/t19-/m0/s1. The van der Waals surface area contributed by atoms with Crippen molar-refractivity contribution >= 4 is 11.6 Å². The van der Waals surface area contributed by atoms with Crippen molar-refractivity contribution in [2.24, 2.45) is 0 Å². The molecule has 1 atom stereocenters. The molecule has 2 heterocycles. The molecule has 24 heavy (non-hydrogen) atoms. The molecule has 0 aliphatic carbocycles. The smallest absolute Gasteiger partial charge is 0.226 e. The zero-order chi connectivity index (χ0) is 16.5. The van der Waals surface area contributed by atoms with Crippen molar-refractivity contribution in [3.63, 3.8) is 0 Å². The summed E-state index contributed by atoms with van der Waals surface area (Å²) in [6, 6.07) is 17.3. The van der Waals surface area contributed by atoms with Crippen molar-refractivity contribution in [1.82, 2.24) is 14.8 Å². The number of hydrogen-bond acceptors (Lipinski definition) is 3. The van der Waals surface area contributed by atoms with Crippen LogP contribution in [0.1, 0.15) is 35.2 Å². The van der Waals surface area contributed by atoms with Crippen LogP contribution in [-0.2, 0) is 6.42 Å². The van der Waals surface area contributed by atoms with Crippen LogP contribution in [0.5, 0.6) is 0 Å². The Labute approximate surface area is 141 Å². The zero-order valence-corrected chi connectivity index (χ0v) is 13.9. The molecule has 0 spiro atoms. The van der Waals surface area contributed by atoms with Crippen LogP contribution < -0.4 is 5.32 Å². The largest absolute Gasteiger partial charge is 0.324 e. The minimum absolute atomic E-state index is 0.0458. The molecule has 1 aliphatic heterocycles. The van der Waals surface area contributed by atoms with Crippen molar-refractivity contribution in [3.8, 4) is 0 Å². The molecular weight excluding hydrogens is 296 g/mol. The Hall–Kier alpha value is -2.88. The summed E-state index contributed by atoms with van der Waals surface area (Å²) in [6.45, 7) is 4.28. The van der Waals surface area contributed by atoms with Gasteiger partial charge in [0.1, 0.15) is 12.4 Å². The van der Waals surface area contributed by atoms with Gasteiger partial charge in [0.25, 0.3) is 0 Å². The Morgan fingerprint density at radius 2 is 1.96 bits per heavy atom. The summed E-state index contributed by atoms with van der Waals surface area (Å²) < 4.78 is 1.93. The first kappa shape index (κ1) is 14.7. The lowest BCUT2D eigenvalue weighted by atomic mass is 9.99. The summed E-state index contributed by atoms with van der Waals surface area (Å²) in [5.74, 6) is 0.776. The Morgan fingerprint density at radius 1 is 1.12 bits per heavy atom. The van der Waals surface area contributed by atoms with Crippen LogP contribution in [0.2, 0.25) is 0 Å².